The Labute approximate surface area is 179 Å². The normalized spacial score (nSPS) is 18.8. The second kappa shape index (κ2) is 10.1. The quantitative estimate of drug-likeness (QED) is 0.633. The second-order valence-corrected chi connectivity index (χ2v) is 9.45. The van der Waals surface area contributed by atoms with Crippen LogP contribution in [-0.4, -0.2) is 58.0 Å². The highest BCUT2D eigenvalue weighted by molar-refractivity contribution is 5.95. The Balaban J connectivity index is 2.09. The molecule has 3 amide bonds. The molecule has 30 heavy (non-hydrogen) atoms. The number of nitrogens with one attached hydrogen (secondary N) is 2. The Hall–Kier alpha value is -2.41. The number of rotatable bonds is 7. The first kappa shape index (κ1) is 23.9. The van der Waals surface area contributed by atoms with E-state index in [-0.39, 0.29) is 17.7 Å². The molecule has 1 heterocycles. The molecular formula is C23H35N3O4. The van der Waals surface area contributed by atoms with Gasteiger partial charge in [-0.2, -0.15) is 0 Å². The number of likely N-dealkylation sites (tertiary alicyclic amines) is 1. The van der Waals surface area contributed by atoms with Crippen LogP contribution in [0, 0.1) is 5.92 Å². The van der Waals surface area contributed by atoms with E-state index in [9.17, 15) is 19.5 Å². The fourth-order valence-corrected chi connectivity index (χ4v) is 3.71. The van der Waals surface area contributed by atoms with Gasteiger partial charge in [-0.15, -0.1) is 0 Å². The van der Waals surface area contributed by atoms with Crippen molar-refractivity contribution >= 4 is 17.7 Å². The van der Waals surface area contributed by atoms with Crippen LogP contribution in [0.5, 0.6) is 0 Å². The summed E-state index contributed by atoms with van der Waals surface area (Å²) in [6.45, 7) is 10.1. The third-order valence-corrected chi connectivity index (χ3v) is 5.05. The van der Waals surface area contributed by atoms with Gasteiger partial charge in [0.05, 0.1) is 6.04 Å². The molecule has 0 radical (unpaired) electrons. The van der Waals surface area contributed by atoms with Gasteiger partial charge in [-0.1, -0.05) is 32.0 Å². The van der Waals surface area contributed by atoms with Gasteiger partial charge in [0.1, 0.15) is 6.04 Å². The van der Waals surface area contributed by atoms with E-state index in [0.29, 0.717) is 31.4 Å². The van der Waals surface area contributed by atoms with Crippen LogP contribution in [0.25, 0.3) is 0 Å². The van der Waals surface area contributed by atoms with E-state index >= 15 is 0 Å². The minimum absolute atomic E-state index is 0.181. The minimum Gasteiger partial charge on any atom is -0.381 e. The number of carbonyl (C=O) groups excluding carboxylic acids is 3. The van der Waals surface area contributed by atoms with Gasteiger partial charge < -0.3 is 20.6 Å². The fourth-order valence-electron chi connectivity index (χ4n) is 3.71. The maximum Gasteiger partial charge on any atom is 0.254 e. The summed E-state index contributed by atoms with van der Waals surface area (Å²) in [5, 5.41) is 16.3. The number of hydrogen-bond donors (Lipinski definition) is 3. The van der Waals surface area contributed by atoms with Crippen molar-refractivity contribution in [2.75, 3.05) is 6.54 Å². The Kier molecular flexibility index (Phi) is 8.01. The zero-order valence-corrected chi connectivity index (χ0v) is 18.6. The highest BCUT2D eigenvalue weighted by Gasteiger charge is 2.39. The molecule has 7 heteroatoms. The number of carbonyl (C=O) groups is 3. The summed E-state index contributed by atoms with van der Waals surface area (Å²) < 4.78 is 0. The van der Waals surface area contributed by atoms with Crippen LogP contribution >= 0.6 is 0 Å². The van der Waals surface area contributed by atoms with E-state index in [1.807, 2.05) is 40.7 Å². The third kappa shape index (κ3) is 6.55. The molecule has 1 saturated heterocycles. The van der Waals surface area contributed by atoms with Crippen LogP contribution in [-0.2, 0) is 9.59 Å². The SMILES string of the molecule is CC(C)C[C@@H](NC(=O)C(O)[C@@H]1CCCN1C(=O)c1ccccc1)C(=O)NC(C)(C)C. The van der Waals surface area contributed by atoms with Gasteiger partial charge in [-0.3, -0.25) is 14.4 Å². The summed E-state index contributed by atoms with van der Waals surface area (Å²) in [4.78, 5) is 39.9. The molecule has 3 atom stereocenters. The summed E-state index contributed by atoms with van der Waals surface area (Å²) in [7, 11) is 0. The van der Waals surface area contributed by atoms with Crippen LogP contribution in [0.2, 0.25) is 0 Å². The third-order valence-electron chi connectivity index (χ3n) is 5.05. The lowest BCUT2D eigenvalue weighted by molar-refractivity contribution is -0.136. The van der Waals surface area contributed by atoms with Crippen molar-refractivity contribution in [2.24, 2.45) is 5.92 Å². The number of nitrogens with zero attached hydrogens (tertiary/aromatic N) is 1. The van der Waals surface area contributed by atoms with E-state index < -0.39 is 29.6 Å². The molecule has 0 aromatic heterocycles. The lowest BCUT2D eigenvalue weighted by atomic mass is 10.00. The number of benzene rings is 1. The van der Waals surface area contributed by atoms with Crippen molar-refractivity contribution in [2.45, 2.75) is 77.6 Å². The first-order valence-corrected chi connectivity index (χ1v) is 10.7. The van der Waals surface area contributed by atoms with Crippen molar-refractivity contribution in [1.29, 1.82) is 0 Å². The number of aliphatic hydroxyl groups excluding tert-OH is 1. The van der Waals surface area contributed by atoms with Crippen LogP contribution in [0.15, 0.2) is 30.3 Å². The lowest BCUT2D eigenvalue weighted by Crippen LogP contribution is -2.56. The molecule has 1 unspecified atom stereocenters. The van der Waals surface area contributed by atoms with Gasteiger partial charge in [-0.25, -0.2) is 0 Å². The van der Waals surface area contributed by atoms with Crippen LogP contribution in [0.4, 0.5) is 0 Å². The highest BCUT2D eigenvalue weighted by Crippen LogP contribution is 2.23. The predicted molar refractivity (Wildman–Crippen MR) is 116 cm³/mol. The van der Waals surface area contributed by atoms with Crippen molar-refractivity contribution in [1.82, 2.24) is 15.5 Å². The molecule has 2 rings (SSSR count). The van der Waals surface area contributed by atoms with Gasteiger partial charge >= 0.3 is 0 Å². The Bertz CT molecular complexity index is 743. The van der Waals surface area contributed by atoms with Crippen LogP contribution < -0.4 is 10.6 Å². The Morgan fingerprint density at radius 3 is 2.33 bits per heavy atom. The average Bonchev–Trinajstić information content (AvgIpc) is 3.14. The summed E-state index contributed by atoms with van der Waals surface area (Å²) in [5.41, 5.74) is 0.0965. The van der Waals surface area contributed by atoms with Crippen molar-refractivity contribution in [3.8, 4) is 0 Å². The molecule has 7 nitrogen and oxygen atoms in total. The lowest BCUT2D eigenvalue weighted by Gasteiger charge is -2.30. The smallest absolute Gasteiger partial charge is 0.254 e. The minimum atomic E-state index is -1.39. The van der Waals surface area contributed by atoms with Gasteiger partial charge in [0, 0.05) is 17.6 Å². The average molecular weight is 418 g/mol. The standard InChI is InChI=1S/C23H35N3O4/c1-15(2)14-17(20(28)25-23(3,4)5)24-21(29)19(27)18-12-9-13-26(18)22(30)16-10-7-6-8-11-16/h6-8,10-11,15,17-19,27H,9,12-14H2,1-5H3,(H,24,29)(H,25,28)/t17-,18+,19?/m1/s1. The zero-order chi connectivity index (χ0) is 22.5. The van der Waals surface area contributed by atoms with Gasteiger partial charge in [0.25, 0.3) is 11.8 Å². The second-order valence-electron chi connectivity index (χ2n) is 9.45. The molecular weight excluding hydrogens is 382 g/mol. The molecule has 1 aromatic carbocycles. The zero-order valence-electron chi connectivity index (χ0n) is 18.6. The van der Waals surface area contributed by atoms with Crippen molar-refractivity contribution in [3.63, 3.8) is 0 Å². The summed E-state index contributed by atoms with van der Waals surface area (Å²) in [6.07, 6.45) is 0.318. The first-order valence-electron chi connectivity index (χ1n) is 10.7. The number of amides is 3. The van der Waals surface area contributed by atoms with Crippen LogP contribution in [0.3, 0.4) is 0 Å². The Morgan fingerprint density at radius 2 is 1.77 bits per heavy atom. The maximum absolute atomic E-state index is 12.8. The largest absolute Gasteiger partial charge is 0.381 e. The number of aliphatic hydroxyl groups is 1. The highest BCUT2D eigenvalue weighted by atomic mass is 16.3. The van der Waals surface area contributed by atoms with E-state index in [2.05, 4.69) is 10.6 Å². The summed E-state index contributed by atoms with van der Waals surface area (Å²) in [5.74, 6) is -0.919. The topological polar surface area (TPSA) is 98.7 Å². The molecule has 1 fully saturated rings. The predicted octanol–water partition coefficient (Wildman–Crippen LogP) is 2.10. The molecule has 166 valence electrons. The summed E-state index contributed by atoms with van der Waals surface area (Å²) in [6, 6.07) is 7.49. The van der Waals surface area contributed by atoms with Gasteiger partial charge in [-0.05, 0) is 58.1 Å². The molecule has 0 bridgehead atoms. The van der Waals surface area contributed by atoms with Crippen molar-refractivity contribution < 1.29 is 19.5 Å². The molecule has 1 aliphatic rings. The first-order chi connectivity index (χ1) is 14.0. The molecule has 1 aliphatic heterocycles. The monoisotopic (exact) mass is 417 g/mol. The number of hydrogen-bond acceptors (Lipinski definition) is 4. The van der Waals surface area contributed by atoms with Crippen molar-refractivity contribution in [3.05, 3.63) is 35.9 Å². The fraction of sp³-hybridized carbons (Fsp3) is 0.609. The molecule has 0 spiro atoms. The maximum atomic E-state index is 12.8. The van der Waals surface area contributed by atoms with E-state index in [1.54, 1.807) is 29.2 Å². The molecule has 3 N–H and O–H groups in total. The van der Waals surface area contributed by atoms with E-state index in [0.717, 1.165) is 0 Å². The van der Waals surface area contributed by atoms with E-state index in [1.165, 1.54) is 0 Å². The van der Waals surface area contributed by atoms with Crippen LogP contribution in [0.1, 0.15) is 64.2 Å². The molecule has 1 aromatic rings. The molecule has 0 aliphatic carbocycles. The van der Waals surface area contributed by atoms with Gasteiger partial charge in [0.15, 0.2) is 6.10 Å². The van der Waals surface area contributed by atoms with E-state index in [4.69, 9.17) is 0 Å². The summed E-state index contributed by atoms with van der Waals surface area (Å²) >= 11 is 0. The molecule has 0 saturated carbocycles. The van der Waals surface area contributed by atoms with Gasteiger partial charge in [0.2, 0.25) is 5.91 Å². The Morgan fingerprint density at radius 1 is 1.13 bits per heavy atom.